The molecule has 0 saturated carbocycles. The number of hydrogen-bond donors (Lipinski definition) is 1. The largest absolute Gasteiger partial charge is 1.00 e. The summed E-state index contributed by atoms with van der Waals surface area (Å²) in [6, 6.07) is 5.72. The van der Waals surface area contributed by atoms with Gasteiger partial charge in [-0.15, -0.1) is 0 Å². The van der Waals surface area contributed by atoms with Gasteiger partial charge in [0.1, 0.15) is 0 Å². The van der Waals surface area contributed by atoms with Crippen molar-refractivity contribution in [2.75, 3.05) is 6.61 Å². The zero-order valence-electron chi connectivity index (χ0n) is 9.20. The molecule has 0 unspecified atom stereocenters. The summed E-state index contributed by atoms with van der Waals surface area (Å²) in [7, 11) is -10.7. The predicted molar refractivity (Wildman–Crippen MR) is 51.7 cm³/mol. The van der Waals surface area contributed by atoms with Crippen molar-refractivity contribution in [1.82, 2.24) is 4.98 Å². The monoisotopic (exact) mass is 271 g/mol. The zero-order valence-corrected chi connectivity index (χ0v) is 9.10. The van der Waals surface area contributed by atoms with Crippen LogP contribution in [0.15, 0.2) is 30.6 Å². The van der Waals surface area contributed by atoms with Crippen molar-refractivity contribution < 1.29 is 31.7 Å². The minimum Gasteiger partial charge on any atom is -0.265 e. The van der Waals surface area contributed by atoms with Gasteiger partial charge in [-0.2, -0.15) is 0 Å². The van der Waals surface area contributed by atoms with E-state index < -0.39 is 7.81 Å². The van der Waals surface area contributed by atoms with Gasteiger partial charge < -0.3 is 5.11 Å². The SMILES string of the molecule is CCO.F[P-](F)(F)(F)(F)F.[H+].c1ccncc1. The second-order valence-corrected chi connectivity index (χ2v) is 4.22. The number of aliphatic hydroxyl groups excluding tert-OH is 1. The summed E-state index contributed by atoms with van der Waals surface area (Å²) < 4.78 is 59.2. The normalized spacial score (nSPS) is 14.2. The smallest absolute Gasteiger partial charge is 0.265 e. The molecule has 0 spiro atoms. The Labute approximate surface area is 89.7 Å². The molecule has 0 aliphatic heterocycles. The molecular formula is C7H12F6NOP. The average Bonchev–Trinajstić information content (AvgIpc) is 2.03. The van der Waals surface area contributed by atoms with Crippen LogP contribution >= 0.6 is 7.81 Å². The number of pyridine rings is 1. The Balaban J connectivity index is -0.000000180. The molecule has 1 aromatic rings. The third-order valence-electron chi connectivity index (χ3n) is 0.566. The van der Waals surface area contributed by atoms with E-state index in [4.69, 9.17) is 5.11 Å². The second kappa shape index (κ2) is 5.45. The van der Waals surface area contributed by atoms with Gasteiger partial charge in [0.25, 0.3) is 0 Å². The van der Waals surface area contributed by atoms with E-state index in [-0.39, 0.29) is 8.03 Å². The molecule has 16 heavy (non-hydrogen) atoms. The molecule has 9 heteroatoms. The predicted octanol–water partition coefficient (Wildman–Crippen LogP) is 4.58. The molecule has 0 saturated heterocycles. The molecule has 0 radical (unpaired) electrons. The van der Waals surface area contributed by atoms with Crippen molar-refractivity contribution in [2.24, 2.45) is 0 Å². The summed E-state index contributed by atoms with van der Waals surface area (Å²) in [6.45, 7) is 1.93. The van der Waals surface area contributed by atoms with E-state index >= 15 is 0 Å². The number of aromatic nitrogens is 1. The Morgan fingerprint density at radius 3 is 1.31 bits per heavy atom. The standard InChI is InChI=1S/C5H5N.C2H6O.F6P/c1-2-4-6-5-3-1;1-2-3;1-7(2,3,4,5)6/h1-5H;3H,2H2,1H3;/q;;-1/p+1. The van der Waals surface area contributed by atoms with Crippen molar-refractivity contribution in [1.29, 1.82) is 0 Å². The van der Waals surface area contributed by atoms with Crippen molar-refractivity contribution in [3.8, 4) is 0 Å². The molecule has 1 rings (SSSR count). The molecule has 0 aromatic carbocycles. The molecule has 1 N–H and O–H groups in total. The molecule has 1 heterocycles. The number of halogens is 6. The molecule has 0 atom stereocenters. The van der Waals surface area contributed by atoms with Gasteiger partial charge in [0, 0.05) is 19.0 Å². The van der Waals surface area contributed by atoms with Gasteiger partial charge in [0.05, 0.1) is 0 Å². The molecule has 2 nitrogen and oxygen atoms in total. The minimum absolute atomic E-state index is 0. The number of nitrogens with zero attached hydrogens (tertiary/aromatic N) is 1. The molecule has 0 bridgehead atoms. The average molecular weight is 271 g/mol. The van der Waals surface area contributed by atoms with Gasteiger partial charge in [-0.05, 0) is 19.1 Å². The first-order chi connectivity index (χ1) is 6.86. The van der Waals surface area contributed by atoms with Crippen LogP contribution in [0.2, 0.25) is 0 Å². The van der Waals surface area contributed by atoms with Crippen LogP contribution in [0.1, 0.15) is 8.35 Å². The summed E-state index contributed by atoms with van der Waals surface area (Å²) >= 11 is 0. The number of hydrogen-bond acceptors (Lipinski definition) is 2. The van der Waals surface area contributed by atoms with Crippen molar-refractivity contribution in [2.45, 2.75) is 6.92 Å². The zero-order chi connectivity index (χ0) is 13.4. The van der Waals surface area contributed by atoms with Gasteiger partial charge in [0.15, 0.2) is 0 Å². The van der Waals surface area contributed by atoms with E-state index in [2.05, 4.69) is 4.98 Å². The van der Waals surface area contributed by atoms with Gasteiger partial charge in [-0.1, -0.05) is 6.07 Å². The van der Waals surface area contributed by atoms with Crippen LogP contribution in [0.3, 0.4) is 0 Å². The van der Waals surface area contributed by atoms with E-state index in [1.165, 1.54) is 0 Å². The Bertz CT molecular complexity index is 239. The van der Waals surface area contributed by atoms with Crippen molar-refractivity contribution in [3.05, 3.63) is 30.6 Å². The van der Waals surface area contributed by atoms with E-state index in [0.29, 0.717) is 0 Å². The van der Waals surface area contributed by atoms with Crippen LogP contribution in [0, 0.1) is 0 Å². The van der Waals surface area contributed by atoms with Crippen molar-refractivity contribution in [3.63, 3.8) is 0 Å². The maximum Gasteiger partial charge on any atom is 1.00 e. The molecule has 0 amide bonds. The number of rotatable bonds is 0. The first kappa shape index (κ1) is 17.5. The summed E-state index contributed by atoms with van der Waals surface area (Å²) in [6.07, 6.45) is 3.50. The summed E-state index contributed by atoms with van der Waals surface area (Å²) in [5.41, 5.74) is 0. The Morgan fingerprint density at radius 1 is 1.00 bits per heavy atom. The van der Waals surface area contributed by atoms with Gasteiger partial charge in [0.2, 0.25) is 0 Å². The van der Waals surface area contributed by atoms with Crippen LogP contribution in [-0.2, 0) is 0 Å². The molecule has 1 aromatic heterocycles. The quantitative estimate of drug-likeness (QED) is 0.553. The van der Waals surface area contributed by atoms with Crippen LogP contribution in [0.25, 0.3) is 0 Å². The molecule has 0 aliphatic carbocycles. The fourth-order valence-electron chi connectivity index (χ4n) is 0.313. The van der Waals surface area contributed by atoms with Crippen LogP contribution in [0.4, 0.5) is 25.2 Å². The summed E-state index contributed by atoms with van der Waals surface area (Å²) in [5, 5.41) is 7.57. The summed E-state index contributed by atoms with van der Waals surface area (Å²) in [5.74, 6) is 0. The van der Waals surface area contributed by atoms with Crippen molar-refractivity contribution >= 4 is 7.81 Å². The van der Waals surface area contributed by atoms with Gasteiger partial charge in [-0.25, -0.2) is 0 Å². The van der Waals surface area contributed by atoms with E-state index in [9.17, 15) is 25.2 Å². The summed E-state index contributed by atoms with van der Waals surface area (Å²) in [4.78, 5) is 3.78. The number of aliphatic hydroxyl groups is 1. The van der Waals surface area contributed by atoms with E-state index in [1.807, 2.05) is 18.2 Å². The molecule has 0 aliphatic rings. The third-order valence-corrected chi connectivity index (χ3v) is 0.566. The Morgan fingerprint density at radius 2 is 1.25 bits per heavy atom. The van der Waals surface area contributed by atoms with Gasteiger partial charge >= 0.3 is 34.4 Å². The van der Waals surface area contributed by atoms with E-state index in [0.717, 1.165) is 0 Å². The third kappa shape index (κ3) is 73.5. The first-order valence-corrected chi connectivity index (χ1v) is 5.92. The van der Waals surface area contributed by atoms with Crippen LogP contribution in [-0.4, -0.2) is 16.7 Å². The topological polar surface area (TPSA) is 33.1 Å². The Kier molecular flexibility index (Phi) is 5.96. The van der Waals surface area contributed by atoms with Crippen LogP contribution < -0.4 is 0 Å². The molecule has 98 valence electrons. The fourth-order valence-corrected chi connectivity index (χ4v) is 0.313. The first-order valence-electron chi connectivity index (χ1n) is 3.89. The fraction of sp³-hybridized carbons (Fsp3) is 0.286. The maximum atomic E-state index is 9.87. The molecular weight excluding hydrogens is 259 g/mol. The molecule has 0 fully saturated rings. The second-order valence-electron chi connectivity index (χ2n) is 2.30. The maximum absolute atomic E-state index is 10.7. The van der Waals surface area contributed by atoms with Crippen LogP contribution in [0.5, 0.6) is 0 Å². The van der Waals surface area contributed by atoms with Gasteiger partial charge in [-0.3, -0.25) is 4.98 Å². The minimum atomic E-state index is -10.7. The van der Waals surface area contributed by atoms with E-state index in [1.54, 1.807) is 19.3 Å². The Hall–Kier alpha value is -0.880.